The summed E-state index contributed by atoms with van der Waals surface area (Å²) >= 11 is 0. The zero-order valence-electron chi connectivity index (χ0n) is 16.9. The van der Waals surface area contributed by atoms with Crippen LogP contribution >= 0.6 is 0 Å². The Morgan fingerprint density at radius 1 is 1.28 bits per heavy atom. The van der Waals surface area contributed by atoms with Crippen LogP contribution in [0.4, 0.5) is 11.6 Å². The maximum absolute atomic E-state index is 11.4. The minimum Gasteiger partial charge on any atom is -0.476 e. The molecule has 1 fully saturated rings. The van der Waals surface area contributed by atoms with Crippen LogP contribution in [-0.2, 0) is 6.54 Å². The molecule has 0 saturated carbocycles. The van der Waals surface area contributed by atoms with Crippen LogP contribution in [0.3, 0.4) is 0 Å². The standard InChI is InChI=1S/C21H20N8O3/c22-7-14-9-27-19(17(28-14)21(30)31)26-8-12-1-3-13(4-2-12)16-11-25-18(23)20(29-16)32-15-5-6-24-10-15/h1-4,9,11,15,24H,5-6,8,10H2,(H2,23,25)(H,26,27)(H,30,31). The zero-order chi connectivity index (χ0) is 22.5. The van der Waals surface area contributed by atoms with Crippen molar-refractivity contribution in [3.05, 3.63) is 53.6 Å². The van der Waals surface area contributed by atoms with Crippen LogP contribution in [0.1, 0.15) is 28.2 Å². The smallest absolute Gasteiger partial charge is 0.358 e. The number of nitrogens with one attached hydrogen (secondary N) is 2. The number of nitrogens with zero attached hydrogens (tertiary/aromatic N) is 5. The Morgan fingerprint density at radius 3 is 2.78 bits per heavy atom. The lowest BCUT2D eigenvalue weighted by atomic mass is 10.1. The lowest BCUT2D eigenvalue weighted by Gasteiger charge is -2.14. The van der Waals surface area contributed by atoms with Gasteiger partial charge in [-0.3, -0.25) is 0 Å². The van der Waals surface area contributed by atoms with Gasteiger partial charge in [0.15, 0.2) is 23.0 Å². The predicted molar refractivity (Wildman–Crippen MR) is 115 cm³/mol. The summed E-state index contributed by atoms with van der Waals surface area (Å²) in [5.41, 5.74) is 7.90. The molecular formula is C21H20N8O3. The van der Waals surface area contributed by atoms with E-state index in [9.17, 15) is 9.90 Å². The summed E-state index contributed by atoms with van der Waals surface area (Å²) in [5, 5.41) is 24.3. The van der Waals surface area contributed by atoms with Crippen molar-refractivity contribution in [2.75, 3.05) is 24.1 Å². The number of nitrogens with two attached hydrogens (primary N) is 1. The van der Waals surface area contributed by atoms with E-state index in [0.29, 0.717) is 18.1 Å². The van der Waals surface area contributed by atoms with Gasteiger partial charge in [-0.05, 0) is 18.5 Å². The fourth-order valence-electron chi connectivity index (χ4n) is 3.19. The Hall–Kier alpha value is -4.30. The molecule has 0 amide bonds. The molecule has 1 aromatic carbocycles. The molecule has 1 aliphatic heterocycles. The predicted octanol–water partition coefficient (Wildman–Crippen LogP) is 1.44. The monoisotopic (exact) mass is 432 g/mol. The molecule has 3 aromatic rings. The molecule has 1 aliphatic rings. The van der Waals surface area contributed by atoms with Crippen LogP contribution in [-0.4, -0.2) is 50.2 Å². The maximum atomic E-state index is 11.4. The molecule has 4 rings (SSSR count). The molecule has 0 spiro atoms. The van der Waals surface area contributed by atoms with Gasteiger partial charge in [0.1, 0.15) is 12.2 Å². The highest BCUT2D eigenvalue weighted by molar-refractivity contribution is 5.90. The Kier molecular flexibility index (Phi) is 6.05. The van der Waals surface area contributed by atoms with Crippen molar-refractivity contribution in [2.24, 2.45) is 0 Å². The SMILES string of the molecule is N#Cc1cnc(NCc2ccc(-c3cnc(N)c(OC4CCNC4)n3)cc2)c(C(=O)O)n1. The van der Waals surface area contributed by atoms with E-state index in [1.807, 2.05) is 24.3 Å². The van der Waals surface area contributed by atoms with Crippen molar-refractivity contribution in [2.45, 2.75) is 19.1 Å². The number of hydrogen-bond donors (Lipinski definition) is 4. The lowest BCUT2D eigenvalue weighted by molar-refractivity contribution is 0.0691. The molecule has 1 atom stereocenters. The normalized spacial score (nSPS) is 15.2. The van der Waals surface area contributed by atoms with Crippen molar-refractivity contribution in [3.63, 3.8) is 0 Å². The Bertz CT molecular complexity index is 1170. The van der Waals surface area contributed by atoms with Crippen molar-refractivity contribution in [1.29, 1.82) is 5.26 Å². The van der Waals surface area contributed by atoms with Gasteiger partial charge in [-0.1, -0.05) is 24.3 Å². The molecule has 3 heterocycles. The van der Waals surface area contributed by atoms with E-state index in [0.717, 1.165) is 30.6 Å². The fourth-order valence-corrected chi connectivity index (χ4v) is 3.19. The van der Waals surface area contributed by atoms with Gasteiger partial charge in [-0.2, -0.15) is 5.26 Å². The number of benzene rings is 1. The molecule has 1 unspecified atom stereocenters. The third-order valence-corrected chi connectivity index (χ3v) is 4.86. The molecule has 1 saturated heterocycles. The summed E-state index contributed by atoms with van der Waals surface area (Å²) in [5.74, 6) is -0.601. The molecule has 0 aliphatic carbocycles. The van der Waals surface area contributed by atoms with Crippen LogP contribution in [0.5, 0.6) is 5.88 Å². The Morgan fingerprint density at radius 2 is 2.09 bits per heavy atom. The van der Waals surface area contributed by atoms with Gasteiger partial charge >= 0.3 is 5.97 Å². The molecule has 11 nitrogen and oxygen atoms in total. The van der Waals surface area contributed by atoms with E-state index >= 15 is 0 Å². The van der Waals surface area contributed by atoms with Crippen LogP contribution in [0.25, 0.3) is 11.3 Å². The molecular weight excluding hydrogens is 412 g/mol. The zero-order valence-corrected chi connectivity index (χ0v) is 16.9. The Labute approximate surface area is 183 Å². The average molecular weight is 432 g/mol. The number of aromatic carboxylic acids is 1. The highest BCUT2D eigenvalue weighted by atomic mass is 16.5. The van der Waals surface area contributed by atoms with E-state index < -0.39 is 5.97 Å². The summed E-state index contributed by atoms with van der Waals surface area (Å²) in [6.45, 7) is 1.97. The van der Waals surface area contributed by atoms with E-state index in [2.05, 4.69) is 30.6 Å². The third-order valence-electron chi connectivity index (χ3n) is 4.86. The van der Waals surface area contributed by atoms with Gasteiger partial charge in [0.05, 0.1) is 18.1 Å². The molecule has 11 heteroatoms. The van der Waals surface area contributed by atoms with E-state index in [4.69, 9.17) is 15.7 Å². The first-order valence-corrected chi connectivity index (χ1v) is 9.87. The summed E-state index contributed by atoms with van der Waals surface area (Å²) in [6, 6.07) is 9.28. The summed E-state index contributed by atoms with van der Waals surface area (Å²) in [6.07, 6.45) is 3.73. The van der Waals surface area contributed by atoms with Gasteiger partial charge in [0.2, 0.25) is 0 Å². The van der Waals surface area contributed by atoms with Crippen LogP contribution in [0, 0.1) is 11.3 Å². The van der Waals surface area contributed by atoms with Crippen molar-refractivity contribution in [1.82, 2.24) is 25.3 Å². The fraction of sp³-hybridized carbons (Fsp3) is 0.238. The molecule has 162 valence electrons. The highest BCUT2D eigenvalue weighted by Gasteiger charge is 2.19. The topological polar surface area (TPSA) is 172 Å². The van der Waals surface area contributed by atoms with Crippen molar-refractivity contribution >= 4 is 17.6 Å². The number of carboxylic acids is 1. The molecule has 0 radical (unpaired) electrons. The first-order valence-electron chi connectivity index (χ1n) is 9.87. The number of carboxylic acid groups (broad SMARTS) is 1. The number of aromatic nitrogens is 4. The number of rotatable bonds is 7. The highest BCUT2D eigenvalue weighted by Crippen LogP contribution is 2.25. The third kappa shape index (κ3) is 4.71. The van der Waals surface area contributed by atoms with Crippen molar-refractivity contribution < 1.29 is 14.6 Å². The van der Waals surface area contributed by atoms with Gasteiger partial charge in [0, 0.05) is 18.7 Å². The number of anilines is 2. The second-order valence-electron chi connectivity index (χ2n) is 7.10. The summed E-state index contributed by atoms with van der Waals surface area (Å²) in [7, 11) is 0. The number of nitrogen functional groups attached to an aromatic ring is 1. The van der Waals surface area contributed by atoms with Crippen LogP contribution < -0.4 is 21.1 Å². The van der Waals surface area contributed by atoms with Gasteiger partial charge in [-0.25, -0.2) is 24.7 Å². The number of nitriles is 1. The second kappa shape index (κ2) is 9.23. The molecule has 0 bridgehead atoms. The van der Waals surface area contributed by atoms with E-state index in [-0.39, 0.29) is 29.1 Å². The number of hydrogen-bond acceptors (Lipinski definition) is 10. The largest absolute Gasteiger partial charge is 0.476 e. The quantitative estimate of drug-likeness (QED) is 0.425. The summed E-state index contributed by atoms with van der Waals surface area (Å²) in [4.78, 5) is 27.9. The van der Waals surface area contributed by atoms with Crippen molar-refractivity contribution in [3.8, 4) is 23.2 Å². The maximum Gasteiger partial charge on any atom is 0.358 e. The molecule has 5 N–H and O–H groups in total. The van der Waals surface area contributed by atoms with Gasteiger partial charge in [-0.15, -0.1) is 0 Å². The minimum atomic E-state index is -1.26. The van der Waals surface area contributed by atoms with Crippen LogP contribution in [0.2, 0.25) is 0 Å². The Balaban J connectivity index is 1.46. The molecule has 2 aromatic heterocycles. The van der Waals surface area contributed by atoms with Crippen LogP contribution in [0.15, 0.2) is 36.7 Å². The molecule has 32 heavy (non-hydrogen) atoms. The lowest BCUT2D eigenvalue weighted by Crippen LogP contribution is -2.21. The minimum absolute atomic E-state index is 0.0244. The average Bonchev–Trinajstić information content (AvgIpc) is 3.32. The van der Waals surface area contributed by atoms with E-state index in [1.54, 1.807) is 12.3 Å². The van der Waals surface area contributed by atoms with Gasteiger partial charge < -0.3 is 26.2 Å². The van der Waals surface area contributed by atoms with E-state index in [1.165, 1.54) is 6.20 Å². The first kappa shape index (κ1) is 21.0. The number of ether oxygens (including phenoxy) is 1. The summed E-state index contributed by atoms with van der Waals surface area (Å²) < 4.78 is 5.87. The first-order chi connectivity index (χ1) is 15.5. The van der Waals surface area contributed by atoms with Gasteiger partial charge in [0.25, 0.3) is 5.88 Å². The number of carbonyl (C=O) groups is 1. The second-order valence-corrected chi connectivity index (χ2v) is 7.10.